The molecule has 1 N–H and O–H groups in total. The van der Waals surface area contributed by atoms with Crippen LogP contribution in [0.5, 0.6) is 5.88 Å². The maximum Gasteiger partial charge on any atom is 0.372 e. The number of nitrogens with one attached hydrogen (secondary N) is 1. The molecule has 104 valence electrons. The first-order chi connectivity index (χ1) is 9.12. The van der Waals surface area contributed by atoms with Gasteiger partial charge in [0.25, 0.3) is 5.88 Å². The maximum absolute atomic E-state index is 11.1. The van der Waals surface area contributed by atoms with E-state index in [4.69, 9.17) is 4.74 Å². The average molecular weight is 266 g/mol. The van der Waals surface area contributed by atoms with E-state index < -0.39 is 4.92 Å². The van der Waals surface area contributed by atoms with Crippen molar-refractivity contribution in [1.82, 2.24) is 9.97 Å². The van der Waals surface area contributed by atoms with E-state index in [1.54, 1.807) is 0 Å². The van der Waals surface area contributed by atoms with Crippen molar-refractivity contribution in [2.75, 3.05) is 19.0 Å². The smallest absolute Gasteiger partial charge is 0.372 e. The van der Waals surface area contributed by atoms with Gasteiger partial charge in [0.15, 0.2) is 0 Å². The van der Waals surface area contributed by atoms with E-state index in [-0.39, 0.29) is 22.8 Å². The van der Waals surface area contributed by atoms with E-state index in [1.807, 2.05) is 0 Å². The SMILES string of the molecule is CCC1(CNc2ncnc(OC)c2[N+](=O)[O-])CCC1. The number of nitro groups is 1. The minimum atomic E-state index is -0.513. The molecule has 19 heavy (non-hydrogen) atoms. The van der Waals surface area contributed by atoms with Crippen molar-refractivity contribution < 1.29 is 9.66 Å². The second-order valence-corrected chi connectivity index (χ2v) is 4.90. The Morgan fingerprint density at radius 1 is 1.53 bits per heavy atom. The molecular weight excluding hydrogens is 248 g/mol. The van der Waals surface area contributed by atoms with E-state index >= 15 is 0 Å². The van der Waals surface area contributed by atoms with E-state index in [2.05, 4.69) is 22.2 Å². The maximum atomic E-state index is 11.1. The molecule has 1 aromatic rings. The Kier molecular flexibility index (Phi) is 3.82. The van der Waals surface area contributed by atoms with Gasteiger partial charge in [-0.2, -0.15) is 4.98 Å². The Bertz CT molecular complexity index is 469. The monoisotopic (exact) mass is 266 g/mol. The van der Waals surface area contributed by atoms with Crippen LogP contribution in [0.25, 0.3) is 0 Å². The number of anilines is 1. The molecule has 1 saturated carbocycles. The van der Waals surface area contributed by atoms with E-state index in [0.29, 0.717) is 6.54 Å². The molecule has 1 aromatic heterocycles. The van der Waals surface area contributed by atoms with Gasteiger partial charge in [0.2, 0.25) is 5.82 Å². The molecule has 0 saturated heterocycles. The van der Waals surface area contributed by atoms with Crippen LogP contribution in [0.15, 0.2) is 6.33 Å². The average Bonchev–Trinajstić information content (AvgIpc) is 2.37. The van der Waals surface area contributed by atoms with Crippen molar-refractivity contribution in [3.05, 3.63) is 16.4 Å². The molecule has 7 heteroatoms. The lowest BCUT2D eigenvalue weighted by Gasteiger charge is -2.41. The zero-order valence-electron chi connectivity index (χ0n) is 11.2. The third-order valence-corrected chi connectivity index (χ3v) is 3.96. The molecule has 1 aliphatic carbocycles. The van der Waals surface area contributed by atoms with Crippen LogP contribution in [0.1, 0.15) is 32.6 Å². The lowest BCUT2D eigenvalue weighted by atomic mass is 9.67. The molecule has 1 heterocycles. The van der Waals surface area contributed by atoms with E-state index in [9.17, 15) is 10.1 Å². The Labute approximate surface area is 111 Å². The van der Waals surface area contributed by atoms with Crippen LogP contribution >= 0.6 is 0 Å². The lowest BCUT2D eigenvalue weighted by Crippen LogP contribution is -2.36. The van der Waals surface area contributed by atoms with Crippen LogP contribution in [0.4, 0.5) is 11.5 Å². The molecule has 0 radical (unpaired) electrons. The molecule has 0 aliphatic heterocycles. The first-order valence-corrected chi connectivity index (χ1v) is 6.39. The fraction of sp³-hybridized carbons (Fsp3) is 0.667. The standard InChI is InChI=1S/C12H18N4O3/c1-3-12(5-4-6-12)7-13-10-9(16(17)18)11(19-2)15-8-14-10/h8H,3-7H2,1-2H3,(H,13,14,15). The minimum absolute atomic E-state index is 0.0124. The Morgan fingerprint density at radius 3 is 2.74 bits per heavy atom. The van der Waals surface area contributed by atoms with Gasteiger partial charge in [-0.25, -0.2) is 4.98 Å². The summed E-state index contributed by atoms with van der Waals surface area (Å²) in [6.45, 7) is 2.85. The van der Waals surface area contributed by atoms with Crippen molar-refractivity contribution in [3.63, 3.8) is 0 Å². The molecule has 0 unspecified atom stereocenters. The molecule has 0 aromatic carbocycles. The number of hydrogen-bond donors (Lipinski definition) is 1. The van der Waals surface area contributed by atoms with Crippen molar-refractivity contribution in [2.24, 2.45) is 5.41 Å². The van der Waals surface area contributed by atoms with Gasteiger partial charge in [0.05, 0.1) is 12.0 Å². The first kappa shape index (κ1) is 13.5. The number of rotatable bonds is 6. The topological polar surface area (TPSA) is 90.2 Å². The summed E-state index contributed by atoms with van der Waals surface area (Å²) < 4.78 is 4.91. The number of aromatic nitrogens is 2. The highest BCUT2D eigenvalue weighted by Crippen LogP contribution is 2.44. The summed E-state index contributed by atoms with van der Waals surface area (Å²) in [4.78, 5) is 18.3. The third kappa shape index (κ3) is 2.59. The van der Waals surface area contributed by atoms with Gasteiger partial charge in [-0.1, -0.05) is 13.3 Å². The van der Waals surface area contributed by atoms with Gasteiger partial charge >= 0.3 is 5.69 Å². The van der Waals surface area contributed by atoms with Gasteiger partial charge in [-0.15, -0.1) is 0 Å². The van der Waals surface area contributed by atoms with Crippen LogP contribution < -0.4 is 10.1 Å². The fourth-order valence-electron chi connectivity index (χ4n) is 2.41. The van der Waals surface area contributed by atoms with Crippen molar-refractivity contribution in [1.29, 1.82) is 0 Å². The lowest BCUT2D eigenvalue weighted by molar-refractivity contribution is -0.385. The first-order valence-electron chi connectivity index (χ1n) is 6.39. The zero-order chi connectivity index (χ0) is 13.9. The van der Waals surface area contributed by atoms with Gasteiger partial charge in [-0.05, 0) is 24.7 Å². The number of hydrogen-bond acceptors (Lipinski definition) is 6. The largest absolute Gasteiger partial charge is 0.476 e. The van der Waals surface area contributed by atoms with Crippen LogP contribution in [-0.4, -0.2) is 28.5 Å². The van der Waals surface area contributed by atoms with E-state index in [0.717, 1.165) is 19.3 Å². The molecule has 0 atom stereocenters. The number of methoxy groups -OCH3 is 1. The van der Waals surface area contributed by atoms with E-state index in [1.165, 1.54) is 19.9 Å². The summed E-state index contributed by atoms with van der Waals surface area (Å²) in [5.74, 6) is 0.221. The molecule has 1 aliphatic rings. The minimum Gasteiger partial charge on any atom is -0.476 e. The predicted molar refractivity (Wildman–Crippen MR) is 70.3 cm³/mol. The second kappa shape index (κ2) is 5.38. The molecule has 0 spiro atoms. The van der Waals surface area contributed by atoms with Crippen LogP contribution in [0.3, 0.4) is 0 Å². The Morgan fingerprint density at radius 2 is 2.26 bits per heavy atom. The van der Waals surface area contributed by atoms with Crippen molar-refractivity contribution in [2.45, 2.75) is 32.6 Å². The Hall–Kier alpha value is -1.92. The molecule has 7 nitrogen and oxygen atoms in total. The van der Waals surface area contributed by atoms with Crippen molar-refractivity contribution >= 4 is 11.5 Å². The number of ether oxygens (including phenoxy) is 1. The van der Waals surface area contributed by atoms with Crippen molar-refractivity contribution in [3.8, 4) is 5.88 Å². The Balaban J connectivity index is 2.18. The fourth-order valence-corrected chi connectivity index (χ4v) is 2.41. The summed E-state index contributed by atoms with van der Waals surface area (Å²) in [7, 11) is 1.36. The van der Waals surface area contributed by atoms with Gasteiger partial charge in [0, 0.05) is 6.54 Å². The molecule has 0 amide bonds. The highest BCUT2D eigenvalue weighted by atomic mass is 16.6. The summed E-state index contributed by atoms with van der Waals surface area (Å²) >= 11 is 0. The van der Waals surface area contributed by atoms with Gasteiger partial charge < -0.3 is 10.1 Å². The quantitative estimate of drug-likeness (QED) is 0.628. The zero-order valence-corrected chi connectivity index (χ0v) is 11.2. The second-order valence-electron chi connectivity index (χ2n) is 4.90. The molecule has 2 rings (SSSR count). The van der Waals surface area contributed by atoms with Gasteiger partial charge in [-0.3, -0.25) is 10.1 Å². The summed E-state index contributed by atoms with van der Waals surface area (Å²) in [6, 6.07) is 0. The predicted octanol–water partition coefficient (Wildman–Crippen LogP) is 2.39. The highest BCUT2D eigenvalue weighted by molar-refractivity contribution is 5.61. The van der Waals surface area contributed by atoms with Crippen LogP contribution in [0, 0.1) is 15.5 Å². The van der Waals surface area contributed by atoms with Crippen LogP contribution in [0.2, 0.25) is 0 Å². The molecule has 1 fully saturated rings. The normalized spacial score (nSPS) is 16.5. The molecule has 0 bridgehead atoms. The highest BCUT2D eigenvalue weighted by Gasteiger charge is 2.35. The molecular formula is C12H18N4O3. The summed E-state index contributed by atoms with van der Waals surface area (Å²) in [6.07, 6.45) is 5.88. The summed E-state index contributed by atoms with van der Waals surface area (Å²) in [5.41, 5.74) is 0.0575. The van der Waals surface area contributed by atoms with Crippen LogP contribution in [-0.2, 0) is 0 Å². The van der Waals surface area contributed by atoms with Gasteiger partial charge in [0.1, 0.15) is 6.33 Å². The third-order valence-electron chi connectivity index (χ3n) is 3.96. The number of nitrogens with zero attached hydrogens (tertiary/aromatic N) is 3. The summed E-state index contributed by atoms with van der Waals surface area (Å²) in [5, 5.41) is 14.2.